The van der Waals surface area contributed by atoms with Crippen LogP contribution in [0.3, 0.4) is 0 Å². The normalized spacial score (nSPS) is 12.0. The molecule has 240 valence electrons. The quantitative estimate of drug-likeness (QED) is 0.0995. The number of hydrogen-bond acceptors (Lipinski definition) is 7. The van der Waals surface area contributed by atoms with Gasteiger partial charge < -0.3 is 19.5 Å². The molecule has 0 spiro atoms. The van der Waals surface area contributed by atoms with Crippen molar-refractivity contribution >= 4 is 18.0 Å². The number of amides is 1. The lowest BCUT2D eigenvalue weighted by atomic mass is 10.0. The van der Waals surface area contributed by atoms with Crippen LogP contribution in [-0.4, -0.2) is 30.2 Å². The molecule has 0 bridgehead atoms. The van der Waals surface area contributed by atoms with Crippen molar-refractivity contribution < 1.29 is 28.6 Å². The molecule has 0 aliphatic carbocycles. The second-order valence-electron chi connectivity index (χ2n) is 11.2. The largest absolute Gasteiger partial charge is 0.461 e. The molecule has 2 aromatic rings. The van der Waals surface area contributed by atoms with Crippen molar-refractivity contribution in [1.29, 1.82) is 5.26 Å². The van der Waals surface area contributed by atoms with E-state index in [1.54, 1.807) is 30.3 Å². The summed E-state index contributed by atoms with van der Waals surface area (Å²) in [4.78, 5) is 38.1. The first kappa shape index (κ1) is 36.3. The van der Waals surface area contributed by atoms with E-state index in [0.29, 0.717) is 18.6 Å². The van der Waals surface area contributed by atoms with E-state index in [9.17, 15) is 19.6 Å². The monoisotopic (exact) mass is 606 g/mol. The summed E-state index contributed by atoms with van der Waals surface area (Å²) in [6.07, 6.45) is 13.1. The van der Waals surface area contributed by atoms with Crippen molar-refractivity contribution in [3.05, 3.63) is 66.2 Å². The number of carbonyl (C=O) groups excluding carboxylic acids is 3. The Labute approximate surface area is 263 Å². The van der Waals surface area contributed by atoms with Crippen LogP contribution in [-0.2, 0) is 25.7 Å². The van der Waals surface area contributed by atoms with Crippen molar-refractivity contribution in [2.24, 2.45) is 0 Å². The van der Waals surface area contributed by atoms with Crippen LogP contribution in [0.15, 0.2) is 60.7 Å². The number of ether oxygens (including phenoxy) is 3. The SMILES string of the molecule is CCCCCCCCCCCCC[C@@H](CC#N)OC(=O)[C@H](CCCC(=O)OCc1ccccc1)NC(=O)Oc1ccccc1. The van der Waals surface area contributed by atoms with E-state index >= 15 is 0 Å². The van der Waals surface area contributed by atoms with E-state index in [1.165, 1.54) is 51.4 Å². The number of carbonyl (C=O) groups is 3. The van der Waals surface area contributed by atoms with Crippen LogP contribution in [0.5, 0.6) is 5.75 Å². The zero-order chi connectivity index (χ0) is 31.7. The fraction of sp³-hybridized carbons (Fsp3) is 0.556. The average Bonchev–Trinajstić information content (AvgIpc) is 3.03. The van der Waals surface area contributed by atoms with Gasteiger partial charge in [0.1, 0.15) is 24.5 Å². The number of hydrogen-bond donors (Lipinski definition) is 1. The zero-order valence-corrected chi connectivity index (χ0v) is 26.3. The Morgan fingerprint density at radius 1 is 0.773 bits per heavy atom. The molecular weight excluding hydrogens is 556 g/mol. The first-order valence-corrected chi connectivity index (χ1v) is 16.3. The van der Waals surface area contributed by atoms with Gasteiger partial charge in [0.2, 0.25) is 0 Å². The molecule has 1 N–H and O–H groups in total. The lowest BCUT2D eigenvalue weighted by Gasteiger charge is -2.21. The average molecular weight is 607 g/mol. The van der Waals surface area contributed by atoms with Gasteiger partial charge in [0.05, 0.1) is 12.5 Å². The summed E-state index contributed by atoms with van der Waals surface area (Å²) >= 11 is 0. The highest BCUT2D eigenvalue weighted by molar-refractivity contribution is 5.82. The third-order valence-corrected chi connectivity index (χ3v) is 7.38. The molecular formula is C36H50N2O6. The molecule has 0 fully saturated rings. The van der Waals surface area contributed by atoms with Crippen LogP contribution >= 0.6 is 0 Å². The van der Waals surface area contributed by atoms with Gasteiger partial charge in [0, 0.05) is 6.42 Å². The van der Waals surface area contributed by atoms with Crippen LogP contribution in [0.1, 0.15) is 115 Å². The second-order valence-corrected chi connectivity index (χ2v) is 11.2. The molecule has 0 aliphatic rings. The smallest absolute Gasteiger partial charge is 0.413 e. The maximum absolute atomic E-state index is 13.2. The molecule has 1 amide bonds. The topological polar surface area (TPSA) is 115 Å². The molecule has 8 heteroatoms. The number of rotatable bonds is 23. The zero-order valence-electron chi connectivity index (χ0n) is 26.3. The number of nitrogens with one attached hydrogen (secondary N) is 1. The maximum atomic E-state index is 13.2. The highest BCUT2D eigenvalue weighted by atomic mass is 16.6. The minimum Gasteiger partial charge on any atom is -0.461 e. The van der Waals surface area contributed by atoms with Crippen LogP contribution in [0.4, 0.5) is 4.79 Å². The summed E-state index contributed by atoms with van der Waals surface area (Å²) in [5.41, 5.74) is 0.883. The molecule has 0 heterocycles. The van der Waals surface area contributed by atoms with Gasteiger partial charge >= 0.3 is 18.0 Å². The van der Waals surface area contributed by atoms with Crippen LogP contribution < -0.4 is 10.1 Å². The number of unbranched alkanes of at least 4 members (excludes halogenated alkanes) is 10. The fourth-order valence-corrected chi connectivity index (χ4v) is 4.86. The summed E-state index contributed by atoms with van der Waals surface area (Å²) in [7, 11) is 0. The van der Waals surface area contributed by atoms with Crippen molar-refractivity contribution in [1.82, 2.24) is 5.32 Å². The number of benzene rings is 2. The second kappa shape index (κ2) is 23.6. The molecule has 0 aliphatic heterocycles. The van der Waals surface area contributed by atoms with Gasteiger partial charge in [-0.3, -0.25) is 4.79 Å². The van der Waals surface area contributed by atoms with E-state index in [2.05, 4.69) is 18.3 Å². The van der Waals surface area contributed by atoms with E-state index < -0.39 is 30.2 Å². The highest BCUT2D eigenvalue weighted by Crippen LogP contribution is 2.17. The summed E-state index contributed by atoms with van der Waals surface area (Å²) in [5, 5.41) is 11.9. The molecule has 0 saturated heterocycles. The molecule has 2 aromatic carbocycles. The minimum atomic E-state index is -1.04. The Hall–Kier alpha value is -3.86. The summed E-state index contributed by atoms with van der Waals surface area (Å²) in [6, 6.07) is 19.0. The summed E-state index contributed by atoms with van der Waals surface area (Å²) in [6.45, 7) is 2.40. The number of esters is 2. The Morgan fingerprint density at radius 3 is 1.98 bits per heavy atom. The van der Waals surface area contributed by atoms with Gasteiger partial charge in [0.15, 0.2) is 0 Å². The van der Waals surface area contributed by atoms with Gasteiger partial charge in [-0.25, -0.2) is 9.59 Å². The first-order valence-electron chi connectivity index (χ1n) is 16.3. The van der Waals surface area contributed by atoms with Crippen LogP contribution in [0.2, 0.25) is 0 Å². The van der Waals surface area contributed by atoms with Crippen molar-refractivity contribution in [2.45, 2.75) is 128 Å². The predicted molar refractivity (Wildman–Crippen MR) is 171 cm³/mol. The van der Waals surface area contributed by atoms with Gasteiger partial charge in [-0.1, -0.05) is 120 Å². The molecule has 2 atom stereocenters. The lowest BCUT2D eigenvalue weighted by molar-refractivity contribution is -0.152. The number of nitrogens with zero attached hydrogens (tertiary/aromatic N) is 1. The van der Waals surface area contributed by atoms with Crippen molar-refractivity contribution in [3.8, 4) is 11.8 Å². The Kier molecular flexibility index (Phi) is 19.5. The van der Waals surface area contributed by atoms with Gasteiger partial charge in [-0.2, -0.15) is 5.26 Å². The molecule has 0 unspecified atom stereocenters. The van der Waals surface area contributed by atoms with E-state index in [1.807, 2.05) is 30.3 Å². The van der Waals surface area contributed by atoms with E-state index in [0.717, 1.165) is 24.8 Å². The summed E-state index contributed by atoms with van der Waals surface area (Å²) in [5.74, 6) is -0.705. The third kappa shape index (κ3) is 17.3. The fourth-order valence-electron chi connectivity index (χ4n) is 4.86. The number of para-hydroxylation sites is 1. The van der Waals surface area contributed by atoms with Gasteiger partial charge in [0.25, 0.3) is 0 Å². The Balaban J connectivity index is 1.81. The third-order valence-electron chi connectivity index (χ3n) is 7.38. The predicted octanol–water partition coefficient (Wildman–Crippen LogP) is 8.58. The molecule has 0 aromatic heterocycles. The molecule has 0 saturated carbocycles. The van der Waals surface area contributed by atoms with Crippen LogP contribution in [0.25, 0.3) is 0 Å². The first-order chi connectivity index (χ1) is 21.5. The van der Waals surface area contributed by atoms with Gasteiger partial charge in [-0.05, 0) is 43.4 Å². The van der Waals surface area contributed by atoms with E-state index in [-0.39, 0.29) is 25.9 Å². The summed E-state index contributed by atoms with van der Waals surface area (Å²) < 4.78 is 16.3. The standard InChI is InChI=1S/C36H50N2O6/c1-2-3-4-5-6-7-8-9-10-11-16-24-32(27-28-37)43-35(40)33(38-36(41)44-31-22-17-13-18-23-31)25-19-26-34(39)42-29-30-20-14-12-15-21-30/h12-15,17-18,20-23,32-33H,2-11,16,19,24-27,29H2,1H3,(H,38,41)/t32-,33-/m0/s1. The Bertz CT molecular complexity index is 1100. The highest BCUT2D eigenvalue weighted by Gasteiger charge is 2.26. The maximum Gasteiger partial charge on any atom is 0.413 e. The van der Waals surface area contributed by atoms with Crippen molar-refractivity contribution in [3.63, 3.8) is 0 Å². The Morgan fingerprint density at radius 2 is 1.36 bits per heavy atom. The van der Waals surface area contributed by atoms with E-state index in [4.69, 9.17) is 14.2 Å². The minimum absolute atomic E-state index is 0.0758. The molecule has 0 radical (unpaired) electrons. The van der Waals surface area contributed by atoms with Crippen LogP contribution in [0, 0.1) is 11.3 Å². The molecule has 2 rings (SSSR count). The van der Waals surface area contributed by atoms with Gasteiger partial charge in [-0.15, -0.1) is 0 Å². The molecule has 8 nitrogen and oxygen atoms in total. The molecule has 44 heavy (non-hydrogen) atoms. The lowest BCUT2D eigenvalue weighted by Crippen LogP contribution is -2.44. The van der Waals surface area contributed by atoms with Crippen molar-refractivity contribution in [2.75, 3.05) is 0 Å². The number of nitriles is 1.